The van der Waals surface area contributed by atoms with Gasteiger partial charge in [0, 0.05) is 17.2 Å². The van der Waals surface area contributed by atoms with Crippen molar-refractivity contribution in [2.45, 2.75) is 50.1 Å². The zero-order chi connectivity index (χ0) is 18.1. The molecule has 1 aliphatic carbocycles. The van der Waals surface area contributed by atoms with Crippen LogP contribution in [-0.2, 0) is 25.1 Å². The normalized spacial score (nSPS) is 13.8. The quantitative estimate of drug-likeness (QED) is 0.473. The van der Waals surface area contributed by atoms with Crippen molar-refractivity contribution in [1.82, 2.24) is 9.55 Å². The number of methoxy groups -OCH3 is 1. The molecule has 2 aromatic heterocycles. The summed E-state index contributed by atoms with van der Waals surface area (Å²) in [5, 5.41) is 1.68. The Kier molecular flexibility index (Phi) is 5.05. The molecule has 1 aliphatic rings. The van der Waals surface area contributed by atoms with Crippen molar-refractivity contribution in [3.05, 3.63) is 50.6 Å². The van der Waals surface area contributed by atoms with E-state index in [1.165, 1.54) is 23.3 Å². The fourth-order valence-electron chi connectivity index (χ4n) is 3.52. The van der Waals surface area contributed by atoms with Crippen molar-refractivity contribution in [3.63, 3.8) is 0 Å². The molecule has 0 saturated heterocycles. The van der Waals surface area contributed by atoms with Crippen molar-refractivity contribution in [2.24, 2.45) is 0 Å². The van der Waals surface area contributed by atoms with Gasteiger partial charge in [-0.15, -0.1) is 11.3 Å². The van der Waals surface area contributed by atoms with E-state index in [1.54, 1.807) is 30.2 Å². The molecule has 0 spiro atoms. The highest BCUT2D eigenvalue weighted by molar-refractivity contribution is 7.98. The van der Waals surface area contributed by atoms with E-state index in [-0.39, 0.29) is 5.56 Å². The Morgan fingerprint density at radius 3 is 2.96 bits per heavy atom. The second kappa shape index (κ2) is 7.45. The van der Waals surface area contributed by atoms with Crippen LogP contribution in [0.2, 0.25) is 0 Å². The Hall–Kier alpha value is -1.79. The summed E-state index contributed by atoms with van der Waals surface area (Å²) in [6, 6.07) is 8.04. The lowest BCUT2D eigenvalue weighted by molar-refractivity contribution is 0.414. The lowest BCUT2D eigenvalue weighted by Crippen LogP contribution is -2.22. The van der Waals surface area contributed by atoms with Gasteiger partial charge < -0.3 is 4.74 Å². The Balaban J connectivity index is 1.71. The van der Waals surface area contributed by atoms with Crippen LogP contribution in [0.1, 0.15) is 35.8 Å². The van der Waals surface area contributed by atoms with Crippen LogP contribution in [0.15, 0.2) is 34.2 Å². The number of rotatable bonds is 5. The first-order valence-electron chi connectivity index (χ1n) is 9.02. The first-order valence-corrected chi connectivity index (χ1v) is 10.8. The number of aromatic nitrogens is 2. The van der Waals surface area contributed by atoms with E-state index in [2.05, 4.69) is 6.07 Å². The summed E-state index contributed by atoms with van der Waals surface area (Å²) >= 11 is 3.34. The van der Waals surface area contributed by atoms with Gasteiger partial charge in [-0.1, -0.05) is 23.9 Å². The highest BCUT2D eigenvalue weighted by atomic mass is 32.2. The lowest BCUT2D eigenvalue weighted by Gasteiger charge is -2.12. The number of fused-ring (bicyclic) bond motifs is 3. The molecule has 0 saturated carbocycles. The molecular formula is C20H22N2O2S2. The summed E-state index contributed by atoms with van der Waals surface area (Å²) in [6.45, 7) is 2.66. The first kappa shape index (κ1) is 17.6. The number of aryl methyl sites for hydroxylation is 2. The predicted molar refractivity (Wildman–Crippen MR) is 109 cm³/mol. The van der Waals surface area contributed by atoms with Crippen LogP contribution in [0, 0.1) is 0 Å². The predicted octanol–water partition coefficient (Wildman–Crippen LogP) is 4.66. The fraction of sp³-hybridized carbons (Fsp3) is 0.400. The number of hydrogen-bond acceptors (Lipinski definition) is 5. The summed E-state index contributed by atoms with van der Waals surface area (Å²) in [4.78, 5) is 20.3. The molecule has 136 valence electrons. The van der Waals surface area contributed by atoms with Gasteiger partial charge in [0.15, 0.2) is 5.16 Å². The fourth-order valence-corrected chi connectivity index (χ4v) is 5.83. The minimum absolute atomic E-state index is 0.130. The maximum Gasteiger partial charge on any atom is 0.263 e. The van der Waals surface area contributed by atoms with Crippen LogP contribution >= 0.6 is 23.1 Å². The number of thiophene rings is 1. The summed E-state index contributed by atoms with van der Waals surface area (Å²) in [7, 11) is 1.68. The second-order valence-corrected chi connectivity index (χ2v) is 8.50. The highest BCUT2D eigenvalue weighted by Crippen LogP contribution is 2.35. The molecule has 0 aliphatic heterocycles. The number of ether oxygens (including phenoxy) is 1. The van der Waals surface area contributed by atoms with E-state index >= 15 is 0 Å². The van der Waals surface area contributed by atoms with Gasteiger partial charge in [0.25, 0.3) is 5.56 Å². The maximum absolute atomic E-state index is 13.1. The Morgan fingerprint density at radius 2 is 2.15 bits per heavy atom. The molecule has 0 unspecified atom stereocenters. The average molecular weight is 387 g/mol. The molecule has 0 atom stereocenters. The van der Waals surface area contributed by atoms with Gasteiger partial charge >= 0.3 is 0 Å². The molecule has 2 heterocycles. The van der Waals surface area contributed by atoms with Crippen molar-refractivity contribution in [2.75, 3.05) is 7.11 Å². The molecule has 6 heteroatoms. The van der Waals surface area contributed by atoms with Crippen molar-refractivity contribution < 1.29 is 4.74 Å². The highest BCUT2D eigenvalue weighted by Gasteiger charge is 2.21. The van der Waals surface area contributed by atoms with Gasteiger partial charge in [-0.25, -0.2) is 4.98 Å². The van der Waals surface area contributed by atoms with E-state index in [0.29, 0.717) is 6.54 Å². The smallest absolute Gasteiger partial charge is 0.263 e. The zero-order valence-electron chi connectivity index (χ0n) is 15.1. The largest absolute Gasteiger partial charge is 0.497 e. The standard InChI is InChI=1S/C20H22N2O2S2/c1-3-22-19(23)17-15-9-4-5-10-16(15)26-18(17)21-20(22)25-12-13-7-6-8-14(11-13)24-2/h6-8,11H,3-5,9-10,12H2,1-2H3. The lowest BCUT2D eigenvalue weighted by atomic mass is 9.97. The van der Waals surface area contributed by atoms with Crippen LogP contribution in [0.4, 0.5) is 0 Å². The molecule has 0 amide bonds. The summed E-state index contributed by atoms with van der Waals surface area (Å²) < 4.78 is 7.12. The second-order valence-electron chi connectivity index (χ2n) is 6.48. The van der Waals surface area contributed by atoms with Crippen LogP contribution in [0.25, 0.3) is 10.2 Å². The summed E-state index contributed by atoms with van der Waals surface area (Å²) in [5.41, 5.74) is 2.56. The SMILES string of the molecule is CCn1c(SCc2cccc(OC)c2)nc2sc3c(c2c1=O)CCCC3. The summed E-state index contributed by atoms with van der Waals surface area (Å²) in [5.74, 6) is 1.62. The average Bonchev–Trinajstić information content (AvgIpc) is 3.05. The van der Waals surface area contributed by atoms with Gasteiger partial charge in [0.1, 0.15) is 10.6 Å². The topological polar surface area (TPSA) is 44.1 Å². The number of nitrogens with zero attached hydrogens (tertiary/aromatic N) is 2. The van der Waals surface area contributed by atoms with Crippen LogP contribution in [0.3, 0.4) is 0 Å². The monoisotopic (exact) mass is 386 g/mol. The molecule has 0 N–H and O–H groups in total. The molecular weight excluding hydrogens is 364 g/mol. The number of hydrogen-bond donors (Lipinski definition) is 0. The first-order chi connectivity index (χ1) is 12.7. The number of benzene rings is 1. The molecule has 3 aromatic rings. The third kappa shape index (κ3) is 3.16. The van der Waals surface area contributed by atoms with E-state index in [1.807, 2.05) is 29.7 Å². The van der Waals surface area contributed by atoms with Gasteiger partial charge in [0.05, 0.1) is 12.5 Å². The number of thioether (sulfide) groups is 1. The van der Waals surface area contributed by atoms with Crippen LogP contribution in [-0.4, -0.2) is 16.7 Å². The van der Waals surface area contributed by atoms with E-state index in [9.17, 15) is 4.79 Å². The van der Waals surface area contributed by atoms with Gasteiger partial charge in [-0.3, -0.25) is 9.36 Å². The minimum atomic E-state index is 0.130. The molecule has 0 bridgehead atoms. The molecule has 4 rings (SSSR count). The van der Waals surface area contributed by atoms with Crippen molar-refractivity contribution >= 4 is 33.3 Å². The van der Waals surface area contributed by atoms with Crippen molar-refractivity contribution in [1.29, 1.82) is 0 Å². The maximum atomic E-state index is 13.1. The van der Waals surface area contributed by atoms with E-state index < -0.39 is 0 Å². The van der Waals surface area contributed by atoms with E-state index in [0.717, 1.165) is 45.3 Å². The Bertz CT molecular complexity index is 1010. The van der Waals surface area contributed by atoms with E-state index in [4.69, 9.17) is 9.72 Å². The van der Waals surface area contributed by atoms with Gasteiger partial charge in [0.2, 0.25) is 0 Å². The molecule has 0 radical (unpaired) electrons. The summed E-state index contributed by atoms with van der Waals surface area (Å²) in [6.07, 6.45) is 4.51. The van der Waals surface area contributed by atoms with Crippen LogP contribution in [0.5, 0.6) is 5.75 Å². The van der Waals surface area contributed by atoms with Crippen molar-refractivity contribution in [3.8, 4) is 5.75 Å². The minimum Gasteiger partial charge on any atom is -0.497 e. The zero-order valence-corrected chi connectivity index (χ0v) is 16.7. The molecule has 26 heavy (non-hydrogen) atoms. The Labute approximate surface area is 161 Å². The Morgan fingerprint density at radius 1 is 1.31 bits per heavy atom. The van der Waals surface area contributed by atoms with Crippen LogP contribution < -0.4 is 10.3 Å². The third-order valence-electron chi connectivity index (χ3n) is 4.86. The van der Waals surface area contributed by atoms with Gasteiger partial charge in [-0.05, 0) is 55.9 Å². The molecule has 0 fully saturated rings. The molecule has 1 aromatic carbocycles. The third-order valence-corrected chi connectivity index (χ3v) is 7.09. The van der Waals surface area contributed by atoms with Gasteiger partial charge in [-0.2, -0.15) is 0 Å². The molecule has 4 nitrogen and oxygen atoms in total.